The molecule has 0 aliphatic rings. The van der Waals surface area contributed by atoms with Crippen molar-refractivity contribution < 1.29 is 4.42 Å². The number of halogens is 2. The summed E-state index contributed by atoms with van der Waals surface area (Å²) in [6.07, 6.45) is 4.25. The number of nitrogens with one attached hydrogen (secondary N) is 1. The number of furan rings is 1. The maximum Gasteiger partial charge on any atom is 0.194 e. The number of hydrogen-bond acceptors (Lipinski definition) is 3. The first kappa shape index (κ1) is 10.7. The summed E-state index contributed by atoms with van der Waals surface area (Å²) in [6, 6.07) is 3.73. The van der Waals surface area contributed by atoms with Crippen LogP contribution in [0.4, 0.5) is 11.5 Å². The molecular weight excluding hydrogens is 324 g/mol. The first-order valence-corrected chi connectivity index (χ1v) is 5.80. The number of pyridine rings is 1. The second kappa shape index (κ2) is 4.37. The quantitative estimate of drug-likeness (QED) is 0.902. The molecule has 2 rings (SSSR count). The van der Waals surface area contributed by atoms with Crippen molar-refractivity contribution in [3.63, 3.8) is 0 Å². The van der Waals surface area contributed by atoms with Gasteiger partial charge >= 0.3 is 0 Å². The van der Waals surface area contributed by atoms with Crippen LogP contribution < -0.4 is 5.32 Å². The number of anilines is 2. The van der Waals surface area contributed by atoms with E-state index in [0.717, 1.165) is 26.1 Å². The van der Waals surface area contributed by atoms with E-state index in [0.29, 0.717) is 0 Å². The summed E-state index contributed by atoms with van der Waals surface area (Å²) in [4.78, 5) is 4.38. The summed E-state index contributed by atoms with van der Waals surface area (Å²) >= 11 is 6.84. The number of aromatic nitrogens is 1. The monoisotopic (exact) mass is 329 g/mol. The Bertz CT molecular complexity index is 469. The van der Waals surface area contributed by atoms with Crippen molar-refractivity contribution in [1.82, 2.24) is 4.98 Å². The molecule has 1 N–H and O–H groups in total. The number of rotatable bonds is 2. The van der Waals surface area contributed by atoms with Crippen LogP contribution in [0.1, 0.15) is 5.69 Å². The van der Waals surface area contributed by atoms with E-state index in [2.05, 4.69) is 48.4 Å². The molecule has 15 heavy (non-hydrogen) atoms. The smallest absolute Gasteiger partial charge is 0.194 e. The maximum atomic E-state index is 4.84. The molecule has 0 amide bonds. The Morgan fingerprint density at radius 2 is 2.20 bits per heavy atom. The van der Waals surface area contributed by atoms with Crippen LogP contribution in [-0.2, 0) is 0 Å². The number of aryl methyl sites for hydroxylation is 1. The molecule has 5 heteroatoms. The van der Waals surface area contributed by atoms with Crippen molar-refractivity contribution >= 4 is 43.4 Å². The fraction of sp³-hybridized carbons (Fsp3) is 0.100. The van der Waals surface area contributed by atoms with Gasteiger partial charge in [0.15, 0.2) is 6.26 Å². The van der Waals surface area contributed by atoms with Crippen molar-refractivity contribution in [2.75, 3.05) is 5.32 Å². The minimum atomic E-state index is 0.744. The van der Waals surface area contributed by atoms with E-state index in [4.69, 9.17) is 4.42 Å². The van der Waals surface area contributed by atoms with Gasteiger partial charge in [0.05, 0.1) is 22.1 Å². The van der Waals surface area contributed by atoms with E-state index in [1.54, 1.807) is 12.3 Å². The molecule has 2 aromatic rings. The Morgan fingerprint density at radius 1 is 1.40 bits per heavy atom. The van der Waals surface area contributed by atoms with Gasteiger partial charge in [0.1, 0.15) is 5.82 Å². The van der Waals surface area contributed by atoms with Crippen LogP contribution in [0, 0.1) is 13.2 Å². The molecule has 0 aliphatic heterocycles. The molecule has 0 saturated carbocycles. The van der Waals surface area contributed by atoms with Gasteiger partial charge in [-0.2, -0.15) is 0 Å². The zero-order valence-corrected chi connectivity index (χ0v) is 11.0. The minimum absolute atomic E-state index is 0.744. The average Bonchev–Trinajstić information content (AvgIpc) is 2.67. The van der Waals surface area contributed by atoms with Crippen LogP contribution in [0.15, 0.2) is 31.8 Å². The zero-order valence-electron chi connectivity index (χ0n) is 7.84. The van der Waals surface area contributed by atoms with Crippen LogP contribution >= 0.6 is 31.9 Å². The van der Waals surface area contributed by atoms with Gasteiger partial charge in [-0.25, -0.2) is 4.98 Å². The Morgan fingerprint density at radius 3 is 2.87 bits per heavy atom. The lowest BCUT2D eigenvalue weighted by molar-refractivity contribution is 0.559. The molecule has 0 fully saturated rings. The van der Waals surface area contributed by atoms with E-state index in [1.165, 1.54) is 0 Å². The third-order valence-electron chi connectivity index (χ3n) is 1.83. The van der Waals surface area contributed by atoms with Crippen molar-refractivity contribution in [2.24, 2.45) is 0 Å². The SMILES string of the molecule is Cc1nc(Nc2[c]occ2)c(Br)cc1Br. The van der Waals surface area contributed by atoms with Crippen molar-refractivity contribution in [2.45, 2.75) is 6.92 Å². The Hall–Kier alpha value is -0.810. The molecule has 0 atom stereocenters. The Balaban J connectivity index is 2.33. The highest BCUT2D eigenvalue weighted by Gasteiger charge is 2.06. The molecule has 3 nitrogen and oxygen atoms in total. The molecule has 0 aliphatic carbocycles. The molecule has 2 heterocycles. The average molecular weight is 331 g/mol. The molecule has 0 spiro atoms. The van der Waals surface area contributed by atoms with Gasteiger partial charge in [-0.1, -0.05) is 0 Å². The van der Waals surface area contributed by atoms with Gasteiger partial charge in [-0.3, -0.25) is 0 Å². The minimum Gasteiger partial charge on any atom is -0.459 e. The molecule has 0 aromatic carbocycles. The molecule has 77 valence electrons. The normalized spacial score (nSPS) is 10.3. The fourth-order valence-corrected chi connectivity index (χ4v) is 2.12. The van der Waals surface area contributed by atoms with Crippen LogP contribution in [0.5, 0.6) is 0 Å². The molecular formula is C10H7Br2N2O. The van der Waals surface area contributed by atoms with Crippen molar-refractivity contribution in [3.05, 3.63) is 39.3 Å². The van der Waals surface area contributed by atoms with Crippen LogP contribution in [0.2, 0.25) is 0 Å². The van der Waals surface area contributed by atoms with Crippen molar-refractivity contribution in [3.8, 4) is 0 Å². The van der Waals surface area contributed by atoms with Gasteiger partial charge in [-0.05, 0) is 44.8 Å². The lowest BCUT2D eigenvalue weighted by atomic mass is 10.3. The third-order valence-corrected chi connectivity index (χ3v) is 3.24. The molecule has 0 unspecified atom stereocenters. The van der Waals surface area contributed by atoms with Gasteiger partial charge in [0.2, 0.25) is 0 Å². The molecule has 2 aromatic heterocycles. The Labute approximate surface area is 104 Å². The van der Waals surface area contributed by atoms with Gasteiger partial charge in [0.25, 0.3) is 0 Å². The summed E-state index contributed by atoms with van der Waals surface area (Å²) in [6.45, 7) is 1.93. The predicted molar refractivity (Wildman–Crippen MR) is 65.2 cm³/mol. The lowest BCUT2D eigenvalue weighted by Crippen LogP contribution is -1.95. The highest BCUT2D eigenvalue weighted by atomic mass is 79.9. The molecule has 0 saturated heterocycles. The second-order valence-electron chi connectivity index (χ2n) is 2.95. The van der Waals surface area contributed by atoms with Gasteiger partial charge < -0.3 is 9.73 Å². The second-order valence-corrected chi connectivity index (χ2v) is 4.66. The van der Waals surface area contributed by atoms with Crippen LogP contribution in [0.25, 0.3) is 0 Å². The molecule has 0 bridgehead atoms. The summed E-state index contributed by atoms with van der Waals surface area (Å²) in [5, 5.41) is 3.09. The fourth-order valence-electron chi connectivity index (χ4n) is 1.07. The van der Waals surface area contributed by atoms with Gasteiger partial charge in [-0.15, -0.1) is 0 Å². The zero-order chi connectivity index (χ0) is 10.8. The van der Waals surface area contributed by atoms with Crippen LogP contribution in [-0.4, -0.2) is 4.98 Å². The topological polar surface area (TPSA) is 38.1 Å². The standard InChI is InChI=1S/C10H7Br2N2O/c1-6-8(11)4-9(12)10(13-6)14-7-2-3-15-5-7/h2-4H,1H3,(H,13,14). The number of nitrogens with zero attached hydrogens (tertiary/aromatic N) is 1. The van der Waals surface area contributed by atoms with E-state index in [1.807, 2.05) is 13.0 Å². The first-order chi connectivity index (χ1) is 7.16. The summed E-state index contributed by atoms with van der Waals surface area (Å²) in [5.74, 6) is 0.744. The van der Waals surface area contributed by atoms with E-state index >= 15 is 0 Å². The summed E-state index contributed by atoms with van der Waals surface area (Å²) in [7, 11) is 0. The summed E-state index contributed by atoms with van der Waals surface area (Å²) < 4.78 is 6.69. The van der Waals surface area contributed by atoms with E-state index in [9.17, 15) is 0 Å². The summed E-state index contributed by atoms with van der Waals surface area (Å²) in [5.41, 5.74) is 1.68. The third kappa shape index (κ3) is 2.41. The van der Waals surface area contributed by atoms with E-state index < -0.39 is 0 Å². The highest BCUT2D eigenvalue weighted by molar-refractivity contribution is 9.11. The lowest BCUT2D eigenvalue weighted by Gasteiger charge is -2.07. The Kier molecular flexibility index (Phi) is 3.11. The predicted octanol–water partition coefficient (Wildman–Crippen LogP) is 4.05. The highest BCUT2D eigenvalue weighted by Crippen LogP contribution is 2.28. The molecule has 1 radical (unpaired) electrons. The maximum absolute atomic E-state index is 4.84. The van der Waals surface area contributed by atoms with E-state index in [-0.39, 0.29) is 0 Å². The van der Waals surface area contributed by atoms with Gasteiger partial charge in [0, 0.05) is 10.5 Å². The first-order valence-electron chi connectivity index (χ1n) is 4.21. The van der Waals surface area contributed by atoms with Crippen LogP contribution in [0.3, 0.4) is 0 Å². The number of hydrogen-bond donors (Lipinski definition) is 1. The van der Waals surface area contributed by atoms with Crippen molar-refractivity contribution in [1.29, 1.82) is 0 Å². The largest absolute Gasteiger partial charge is 0.459 e.